The second kappa shape index (κ2) is 4.02. The van der Waals surface area contributed by atoms with Gasteiger partial charge in [0.2, 0.25) is 0 Å². The topological polar surface area (TPSA) is 17.1 Å². The number of carbonyl (C=O) groups is 1. The Morgan fingerprint density at radius 3 is 2.44 bits per heavy atom. The van der Waals surface area contributed by atoms with Gasteiger partial charge < -0.3 is 0 Å². The molecular formula is C15H10F2O. The first-order valence-corrected chi connectivity index (χ1v) is 5.74. The summed E-state index contributed by atoms with van der Waals surface area (Å²) < 4.78 is 26.7. The standard InChI is InChI=1S/C15H10F2O/c16-10-6-4-9(5-7-10)12-8-14(18)11-2-1-3-13(17)15(11)12/h1-7,12H,8H2. The van der Waals surface area contributed by atoms with Gasteiger partial charge in [0.05, 0.1) is 0 Å². The van der Waals surface area contributed by atoms with E-state index in [0.29, 0.717) is 11.1 Å². The van der Waals surface area contributed by atoms with Crippen LogP contribution in [0.15, 0.2) is 42.5 Å². The third-order valence-electron chi connectivity index (χ3n) is 3.36. The molecular weight excluding hydrogens is 234 g/mol. The molecule has 0 fully saturated rings. The molecule has 2 aromatic rings. The molecule has 1 atom stereocenters. The highest BCUT2D eigenvalue weighted by molar-refractivity contribution is 6.01. The van der Waals surface area contributed by atoms with E-state index in [2.05, 4.69) is 0 Å². The van der Waals surface area contributed by atoms with Crippen LogP contribution >= 0.6 is 0 Å². The van der Waals surface area contributed by atoms with Gasteiger partial charge in [-0.1, -0.05) is 24.3 Å². The van der Waals surface area contributed by atoms with Crippen molar-refractivity contribution in [2.75, 3.05) is 0 Å². The van der Waals surface area contributed by atoms with E-state index in [4.69, 9.17) is 0 Å². The van der Waals surface area contributed by atoms with Crippen LogP contribution in [0.5, 0.6) is 0 Å². The van der Waals surface area contributed by atoms with E-state index in [9.17, 15) is 13.6 Å². The number of fused-ring (bicyclic) bond motifs is 1. The summed E-state index contributed by atoms with van der Waals surface area (Å²) in [4.78, 5) is 11.8. The van der Waals surface area contributed by atoms with Crippen LogP contribution in [0, 0.1) is 11.6 Å². The average molecular weight is 244 g/mol. The molecule has 18 heavy (non-hydrogen) atoms. The predicted octanol–water partition coefficient (Wildman–Crippen LogP) is 3.68. The summed E-state index contributed by atoms with van der Waals surface area (Å²) in [5.74, 6) is -1.06. The molecule has 1 aliphatic rings. The van der Waals surface area contributed by atoms with E-state index >= 15 is 0 Å². The number of ketones is 1. The average Bonchev–Trinajstić information content (AvgIpc) is 2.70. The molecule has 3 heteroatoms. The van der Waals surface area contributed by atoms with Crippen molar-refractivity contribution in [2.24, 2.45) is 0 Å². The van der Waals surface area contributed by atoms with E-state index in [1.165, 1.54) is 18.2 Å². The van der Waals surface area contributed by atoms with Gasteiger partial charge in [-0.05, 0) is 23.8 Å². The highest BCUT2D eigenvalue weighted by Gasteiger charge is 2.32. The minimum Gasteiger partial charge on any atom is -0.294 e. The van der Waals surface area contributed by atoms with Crippen LogP contribution in [0.1, 0.15) is 33.8 Å². The molecule has 0 saturated heterocycles. The van der Waals surface area contributed by atoms with E-state index in [1.807, 2.05) is 0 Å². The van der Waals surface area contributed by atoms with Gasteiger partial charge >= 0.3 is 0 Å². The van der Waals surface area contributed by atoms with Crippen LogP contribution in [0.25, 0.3) is 0 Å². The van der Waals surface area contributed by atoms with Crippen molar-refractivity contribution in [1.29, 1.82) is 0 Å². The Balaban J connectivity index is 2.12. The highest BCUT2D eigenvalue weighted by Crippen LogP contribution is 2.39. The minimum atomic E-state index is -0.368. The summed E-state index contributed by atoms with van der Waals surface area (Å²) >= 11 is 0. The van der Waals surface area contributed by atoms with Crippen molar-refractivity contribution in [3.05, 3.63) is 70.8 Å². The van der Waals surface area contributed by atoms with Crippen LogP contribution in [-0.2, 0) is 0 Å². The Kier molecular flexibility index (Phi) is 2.47. The summed E-state index contributed by atoms with van der Waals surface area (Å²) in [5, 5.41) is 0. The molecule has 1 nitrogen and oxygen atoms in total. The minimum absolute atomic E-state index is 0.0566. The van der Waals surface area contributed by atoms with Crippen molar-refractivity contribution in [2.45, 2.75) is 12.3 Å². The van der Waals surface area contributed by atoms with Gasteiger partial charge in [-0.25, -0.2) is 8.78 Å². The molecule has 0 amide bonds. The molecule has 0 saturated carbocycles. The first-order chi connectivity index (χ1) is 8.66. The Labute approximate surface area is 103 Å². The summed E-state index contributed by atoms with van der Waals surface area (Å²) in [5.41, 5.74) is 1.66. The Bertz CT molecular complexity index is 617. The summed E-state index contributed by atoms with van der Waals surface area (Å²) in [6.45, 7) is 0. The smallest absolute Gasteiger partial charge is 0.164 e. The third-order valence-corrected chi connectivity index (χ3v) is 3.36. The SMILES string of the molecule is O=C1CC(c2ccc(F)cc2)c2c(F)cccc21. The molecule has 0 spiro atoms. The molecule has 1 unspecified atom stereocenters. The lowest BCUT2D eigenvalue weighted by Gasteiger charge is -2.11. The molecule has 0 aliphatic heterocycles. The van der Waals surface area contributed by atoms with Crippen LogP contribution in [-0.4, -0.2) is 5.78 Å². The normalized spacial score (nSPS) is 17.9. The second-order valence-electron chi connectivity index (χ2n) is 4.43. The zero-order chi connectivity index (χ0) is 12.7. The lowest BCUT2D eigenvalue weighted by molar-refractivity contribution is 0.0991. The highest BCUT2D eigenvalue weighted by atomic mass is 19.1. The maximum absolute atomic E-state index is 13.9. The van der Waals surface area contributed by atoms with E-state index in [0.717, 1.165) is 5.56 Å². The number of halogens is 2. The number of hydrogen-bond acceptors (Lipinski definition) is 1. The fourth-order valence-electron chi connectivity index (χ4n) is 2.51. The Morgan fingerprint density at radius 1 is 1.00 bits per heavy atom. The number of benzene rings is 2. The molecule has 0 aromatic heterocycles. The van der Waals surface area contributed by atoms with Gasteiger partial charge in [0.25, 0.3) is 0 Å². The quantitative estimate of drug-likeness (QED) is 0.747. The van der Waals surface area contributed by atoms with Gasteiger partial charge in [-0.2, -0.15) is 0 Å². The molecule has 3 rings (SSSR count). The molecule has 2 aromatic carbocycles. The van der Waals surface area contributed by atoms with Gasteiger partial charge in [0, 0.05) is 23.5 Å². The number of Topliss-reactive ketones (excluding diaryl/α,β-unsaturated/α-hetero) is 1. The summed E-state index contributed by atoms with van der Waals surface area (Å²) in [6.07, 6.45) is 0.252. The van der Waals surface area contributed by atoms with Crippen LogP contribution < -0.4 is 0 Å². The lowest BCUT2D eigenvalue weighted by Crippen LogP contribution is -1.99. The molecule has 0 bridgehead atoms. The molecule has 0 heterocycles. The van der Waals surface area contributed by atoms with E-state index < -0.39 is 0 Å². The van der Waals surface area contributed by atoms with Crippen molar-refractivity contribution >= 4 is 5.78 Å². The van der Waals surface area contributed by atoms with Gasteiger partial charge in [0.15, 0.2) is 5.78 Å². The van der Waals surface area contributed by atoms with Crippen LogP contribution in [0.3, 0.4) is 0 Å². The molecule has 1 aliphatic carbocycles. The number of rotatable bonds is 1. The molecule has 0 radical (unpaired) electrons. The summed E-state index contributed by atoms with van der Waals surface area (Å²) in [7, 11) is 0. The maximum atomic E-state index is 13.9. The second-order valence-corrected chi connectivity index (χ2v) is 4.43. The van der Waals surface area contributed by atoms with Crippen molar-refractivity contribution in [3.63, 3.8) is 0 Å². The van der Waals surface area contributed by atoms with Gasteiger partial charge in [0.1, 0.15) is 11.6 Å². The molecule has 0 N–H and O–H groups in total. The van der Waals surface area contributed by atoms with Crippen molar-refractivity contribution in [3.8, 4) is 0 Å². The third kappa shape index (κ3) is 1.63. The Hall–Kier alpha value is -2.03. The van der Waals surface area contributed by atoms with Gasteiger partial charge in [-0.3, -0.25) is 4.79 Å². The lowest BCUT2D eigenvalue weighted by atomic mass is 9.93. The predicted molar refractivity (Wildman–Crippen MR) is 63.6 cm³/mol. The monoisotopic (exact) mass is 244 g/mol. The van der Waals surface area contributed by atoms with Crippen LogP contribution in [0.2, 0.25) is 0 Å². The maximum Gasteiger partial charge on any atom is 0.164 e. The van der Waals surface area contributed by atoms with Gasteiger partial charge in [-0.15, -0.1) is 0 Å². The number of carbonyl (C=O) groups excluding carboxylic acids is 1. The largest absolute Gasteiger partial charge is 0.294 e. The van der Waals surface area contributed by atoms with E-state index in [1.54, 1.807) is 24.3 Å². The van der Waals surface area contributed by atoms with E-state index in [-0.39, 0.29) is 29.8 Å². The zero-order valence-electron chi connectivity index (χ0n) is 9.49. The fraction of sp³-hybridized carbons (Fsp3) is 0.133. The fourth-order valence-corrected chi connectivity index (χ4v) is 2.51. The van der Waals surface area contributed by atoms with Crippen LogP contribution in [0.4, 0.5) is 8.78 Å². The first kappa shape index (κ1) is 11.1. The Morgan fingerprint density at radius 2 is 1.72 bits per heavy atom. The van der Waals surface area contributed by atoms with Crippen molar-refractivity contribution < 1.29 is 13.6 Å². The zero-order valence-corrected chi connectivity index (χ0v) is 9.49. The first-order valence-electron chi connectivity index (χ1n) is 5.74. The van der Waals surface area contributed by atoms with Crippen molar-refractivity contribution in [1.82, 2.24) is 0 Å². The number of hydrogen-bond donors (Lipinski definition) is 0. The molecule has 90 valence electrons. The summed E-state index contributed by atoms with van der Waals surface area (Å²) in [6, 6.07) is 10.4.